The number of fused-ring (bicyclic) bond motifs is 1. The van der Waals surface area contributed by atoms with Gasteiger partial charge in [0, 0.05) is 23.6 Å². The summed E-state index contributed by atoms with van der Waals surface area (Å²) < 4.78 is 5.42. The van der Waals surface area contributed by atoms with Crippen molar-refractivity contribution in [3.8, 4) is 11.3 Å². The Hall–Kier alpha value is -2.53. The maximum absolute atomic E-state index is 10.9. The number of furan rings is 1. The highest BCUT2D eigenvalue weighted by Crippen LogP contribution is 2.30. The van der Waals surface area contributed by atoms with Crippen molar-refractivity contribution in [3.63, 3.8) is 0 Å². The third kappa shape index (κ3) is 2.08. The van der Waals surface area contributed by atoms with Gasteiger partial charge in [-0.1, -0.05) is 12.1 Å². The van der Waals surface area contributed by atoms with Crippen molar-refractivity contribution >= 4 is 16.9 Å². The predicted octanol–water partition coefficient (Wildman–Crippen LogP) is 2.38. The molecule has 3 aromatic rings. The molecular formula is C15H14N2O3. The number of aromatic nitrogens is 1. The number of nitrogens with two attached hydrogens (primary N) is 1. The van der Waals surface area contributed by atoms with Crippen LogP contribution in [0, 0.1) is 0 Å². The molecule has 0 radical (unpaired) electrons. The van der Waals surface area contributed by atoms with E-state index in [1.165, 1.54) is 0 Å². The number of hydrogen-bond donors (Lipinski definition) is 3. The van der Waals surface area contributed by atoms with Crippen LogP contribution < -0.4 is 5.73 Å². The van der Waals surface area contributed by atoms with Gasteiger partial charge in [0.05, 0.1) is 11.8 Å². The number of aliphatic carboxylic acids is 1. The van der Waals surface area contributed by atoms with Gasteiger partial charge in [-0.05, 0) is 23.8 Å². The summed E-state index contributed by atoms with van der Waals surface area (Å²) in [4.78, 5) is 14.0. The van der Waals surface area contributed by atoms with Crippen LogP contribution in [0.5, 0.6) is 0 Å². The number of carboxylic acids is 1. The summed E-state index contributed by atoms with van der Waals surface area (Å²) in [6.07, 6.45) is 3.72. The second-order valence-corrected chi connectivity index (χ2v) is 4.67. The summed E-state index contributed by atoms with van der Waals surface area (Å²) in [6, 6.07) is 8.64. The summed E-state index contributed by atoms with van der Waals surface area (Å²) in [5.41, 5.74) is 8.36. The van der Waals surface area contributed by atoms with E-state index in [9.17, 15) is 4.79 Å². The van der Waals surface area contributed by atoms with Crippen molar-refractivity contribution in [3.05, 3.63) is 48.4 Å². The molecule has 5 nitrogen and oxygen atoms in total. The lowest BCUT2D eigenvalue weighted by atomic mass is 10.0. The van der Waals surface area contributed by atoms with Crippen LogP contribution in [0.3, 0.4) is 0 Å². The van der Waals surface area contributed by atoms with E-state index in [1.54, 1.807) is 12.5 Å². The number of rotatable bonds is 4. The summed E-state index contributed by atoms with van der Waals surface area (Å²) >= 11 is 0. The number of para-hydroxylation sites is 1. The van der Waals surface area contributed by atoms with E-state index in [-0.39, 0.29) is 6.42 Å². The van der Waals surface area contributed by atoms with Crippen LogP contribution in [0.2, 0.25) is 0 Å². The van der Waals surface area contributed by atoms with Crippen molar-refractivity contribution in [1.29, 1.82) is 0 Å². The number of hydrogen-bond acceptors (Lipinski definition) is 3. The zero-order valence-electron chi connectivity index (χ0n) is 10.7. The molecule has 5 heteroatoms. The summed E-state index contributed by atoms with van der Waals surface area (Å²) in [7, 11) is 0. The molecule has 0 aliphatic heterocycles. The molecule has 0 saturated carbocycles. The highest BCUT2D eigenvalue weighted by atomic mass is 16.4. The zero-order valence-corrected chi connectivity index (χ0v) is 10.7. The van der Waals surface area contributed by atoms with Gasteiger partial charge in [-0.2, -0.15) is 0 Å². The third-order valence-corrected chi connectivity index (χ3v) is 3.34. The average molecular weight is 270 g/mol. The van der Waals surface area contributed by atoms with Gasteiger partial charge in [-0.15, -0.1) is 0 Å². The molecule has 2 aromatic heterocycles. The molecule has 0 amide bonds. The Morgan fingerprint density at radius 2 is 2.20 bits per heavy atom. The molecule has 0 unspecified atom stereocenters. The summed E-state index contributed by atoms with van der Waals surface area (Å²) in [6.45, 7) is 0. The monoisotopic (exact) mass is 270 g/mol. The Kier molecular flexibility index (Phi) is 3.04. The molecule has 0 spiro atoms. The minimum atomic E-state index is -0.999. The lowest BCUT2D eigenvalue weighted by molar-refractivity contribution is -0.138. The molecule has 0 aliphatic rings. The van der Waals surface area contributed by atoms with E-state index in [0.717, 1.165) is 27.8 Å². The molecule has 20 heavy (non-hydrogen) atoms. The van der Waals surface area contributed by atoms with Gasteiger partial charge in [0.15, 0.2) is 0 Å². The Morgan fingerprint density at radius 1 is 1.35 bits per heavy atom. The van der Waals surface area contributed by atoms with Crippen molar-refractivity contribution in [2.75, 3.05) is 0 Å². The van der Waals surface area contributed by atoms with Crippen LogP contribution in [-0.2, 0) is 11.2 Å². The maximum Gasteiger partial charge on any atom is 0.320 e. The van der Waals surface area contributed by atoms with Crippen molar-refractivity contribution in [1.82, 2.24) is 4.98 Å². The maximum atomic E-state index is 10.9. The molecule has 0 aliphatic carbocycles. The lowest BCUT2D eigenvalue weighted by Gasteiger charge is -2.05. The van der Waals surface area contributed by atoms with Crippen LogP contribution >= 0.6 is 0 Å². The fourth-order valence-corrected chi connectivity index (χ4v) is 2.34. The molecule has 0 saturated heterocycles. The van der Waals surface area contributed by atoms with Crippen LogP contribution in [0.25, 0.3) is 22.2 Å². The van der Waals surface area contributed by atoms with Gasteiger partial charge in [0.2, 0.25) is 0 Å². The molecule has 0 bridgehead atoms. The van der Waals surface area contributed by atoms with Crippen LogP contribution in [-0.4, -0.2) is 22.1 Å². The Balaban J connectivity index is 2.06. The van der Waals surface area contributed by atoms with E-state index in [4.69, 9.17) is 15.3 Å². The SMILES string of the molecule is N[C@@H](Cc1c[nH]c2c(-c3ccco3)cccc12)C(=O)O. The zero-order chi connectivity index (χ0) is 14.1. The molecule has 1 aromatic carbocycles. The predicted molar refractivity (Wildman–Crippen MR) is 75.3 cm³/mol. The van der Waals surface area contributed by atoms with Crippen LogP contribution in [0.15, 0.2) is 47.2 Å². The van der Waals surface area contributed by atoms with Crippen LogP contribution in [0.4, 0.5) is 0 Å². The second kappa shape index (κ2) is 4.86. The first-order valence-electron chi connectivity index (χ1n) is 6.28. The molecule has 4 N–H and O–H groups in total. The highest BCUT2D eigenvalue weighted by molar-refractivity contribution is 5.95. The first-order valence-corrected chi connectivity index (χ1v) is 6.28. The van der Waals surface area contributed by atoms with Crippen molar-refractivity contribution in [2.45, 2.75) is 12.5 Å². The standard InChI is InChI=1S/C15H14N2O3/c16-12(15(18)19)7-9-8-17-14-10(9)3-1-4-11(14)13-5-2-6-20-13/h1-6,8,12,17H,7,16H2,(H,18,19)/t12-/m0/s1. The van der Waals surface area contributed by atoms with E-state index in [0.29, 0.717) is 0 Å². The van der Waals surface area contributed by atoms with Crippen molar-refractivity contribution < 1.29 is 14.3 Å². The minimum Gasteiger partial charge on any atom is -0.480 e. The van der Waals surface area contributed by atoms with Crippen LogP contribution in [0.1, 0.15) is 5.56 Å². The van der Waals surface area contributed by atoms with E-state index >= 15 is 0 Å². The van der Waals surface area contributed by atoms with Crippen molar-refractivity contribution in [2.24, 2.45) is 5.73 Å². The number of carbonyl (C=O) groups is 1. The molecule has 2 heterocycles. The minimum absolute atomic E-state index is 0.289. The molecular weight excluding hydrogens is 256 g/mol. The normalized spacial score (nSPS) is 12.7. The van der Waals surface area contributed by atoms with Gasteiger partial charge in [0.1, 0.15) is 11.8 Å². The topological polar surface area (TPSA) is 92.3 Å². The highest BCUT2D eigenvalue weighted by Gasteiger charge is 2.16. The molecule has 0 fully saturated rings. The van der Waals surface area contributed by atoms with Gasteiger partial charge in [-0.3, -0.25) is 4.79 Å². The van der Waals surface area contributed by atoms with E-state index in [2.05, 4.69) is 4.98 Å². The number of aromatic amines is 1. The Bertz CT molecular complexity index is 744. The third-order valence-electron chi connectivity index (χ3n) is 3.34. The summed E-state index contributed by atoms with van der Waals surface area (Å²) in [5, 5.41) is 9.88. The Morgan fingerprint density at radius 3 is 2.90 bits per heavy atom. The fourth-order valence-electron chi connectivity index (χ4n) is 2.34. The summed E-state index contributed by atoms with van der Waals surface area (Å²) in [5.74, 6) is -0.229. The van der Waals surface area contributed by atoms with Gasteiger partial charge >= 0.3 is 5.97 Å². The van der Waals surface area contributed by atoms with Gasteiger partial charge in [0.25, 0.3) is 0 Å². The first-order chi connectivity index (χ1) is 9.66. The number of benzene rings is 1. The largest absolute Gasteiger partial charge is 0.480 e. The first kappa shape index (κ1) is 12.5. The average Bonchev–Trinajstić information content (AvgIpc) is 3.08. The quantitative estimate of drug-likeness (QED) is 0.678. The van der Waals surface area contributed by atoms with Gasteiger partial charge < -0.3 is 20.2 Å². The second-order valence-electron chi connectivity index (χ2n) is 4.67. The number of H-pyrrole nitrogens is 1. The molecule has 3 rings (SSSR count). The lowest BCUT2D eigenvalue weighted by Crippen LogP contribution is -2.32. The van der Waals surface area contributed by atoms with Gasteiger partial charge in [-0.25, -0.2) is 0 Å². The van der Waals surface area contributed by atoms with E-state index < -0.39 is 12.0 Å². The number of nitrogens with one attached hydrogen (secondary N) is 1. The fraction of sp³-hybridized carbons (Fsp3) is 0.133. The Labute approximate surface area is 115 Å². The smallest absolute Gasteiger partial charge is 0.320 e. The molecule has 102 valence electrons. The van der Waals surface area contributed by atoms with E-state index in [1.807, 2.05) is 30.3 Å². The number of carboxylic acid groups (broad SMARTS) is 1. The molecule has 1 atom stereocenters.